The van der Waals surface area contributed by atoms with E-state index in [4.69, 9.17) is 0 Å². The van der Waals surface area contributed by atoms with Crippen molar-refractivity contribution in [3.8, 4) is 0 Å². The van der Waals surface area contributed by atoms with Gasteiger partial charge in [0.1, 0.15) is 0 Å². The summed E-state index contributed by atoms with van der Waals surface area (Å²) in [5.41, 5.74) is 1.14. The van der Waals surface area contributed by atoms with Crippen LogP contribution in [0.25, 0.3) is 0 Å². The molecule has 2 rings (SSSR count). The van der Waals surface area contributed by atoms with Gasteiger partial charge in [0.25, 0.3) is 0 Å². The van der Waals surface area contributed by atoms with Crippen LogP contribution in [0.5, 0.6) is 0 Å². The van der Waals surface area contributed by atoms with Crippen molar-refractivity contribution in [3.05, 3.63) is 35.9 Å². The molecule has 0 aliphatic carbocycles. The second-order valence-electron chi connectivity index (χ2n) is 4.82. The van der Waals surface area contributed by atoms with Gasteiger partial charge >= 0.3 is 0 Å². The Bertz CT molecular complexity index is 380. The van der Waals surface area contributed by atoms with Gasteiger partial charge in [0.05, 0.1) is 6.54 Å². The first-order valence-electron chi connectivity index (χ1n) is 6.47. The van der Waals surface area contributed by atoms with E-state index in [1.165, 1.54) is 0 Å². The third-order valence-corrected chi connectivity index (χ3v) is 3.38. The summed E-state index contributed by atoms with van der Waals surface area (Å²) in [6, 6.07) is 10.5. The number of amides is 1. The fourth-order valence-corrected chi connectivity index (χ4v) is 2.22. The van der Waals surface area contributed by atoms with Crippen molar-refractivity contribution in [1.82, 2.24) is 15.5 Å². The first kappa shape index (κ1) is 16.0. The summed E-state index contributed by atoms with van der Waals surface area (Å²) in [6.07, 6.45) is 1.13. The third kappa shape index (κ3) is 5.19. The summed E-state index contributed by atoms with van der Waals surface area (Å²) in [7, 11) is 2.01. The Labute approximate surface area is 121 Å². The minimum absolute atomic E-state index is 0. The predicted octanol–water partition coefficient (Wildman–Crippen LogP) is 1.02. The summed E-state index contributed by atoms with van der Waals surface area (Å²) in [4.78, 5) is 13.9. The van der Waals surface area contributed by atoms with Gasteiger partial charge in [0, 0.05) is 19.1 Å². The highest BCUT2D eigenvalue weighted by molar-refractivity contribution is 5.85. The van der Waals surface area contributed by atoms with Crippen LogP contribution in [0.2, 0.25) is 0 Å². The van der Waals surface area contributed by atoms with Crippen molar-refractivity contribution >= 4 is 18.3 Å². The summed E-state index contributed by atoms with van der Waals surface area (Å²) in [5, 5.41) is 6.26. The Morgan fingerprint density at radius 2 is 2.16 bits per heavy atom. The van der Waals surface area contributed by atoms with Crippen LogP contribution in [0.1, 0.15) is 12.0 Å². The fourth-order valence-electron chi connectivity index (χ4n) is 2.22. The summed E-state index contributed by atoms with van der Waals surface area (Å²) in [6.45, 7) is 3.12. The number of nitrogens with zero attached hydrogens (tertiary/aromatic N) is 1. The quantitative estimate of drug-likeness (QED) is 0.848. The van der Waals surface area contributed by atoms with Crippen molar-refractivity contribution in [2.24, 2.45) is 0 Å². The normalized spacial score (nSPS) is 18.1. The summed E-state index contributed by atoms with van der Waals surface area (Å²) < 4.78 is 0. The Morgan fingerprint density at radius 3 is 2.79 bits per heavy atom. The maximum absolute atomic E-state index is 11.8. The molecule has 1 aromatic carbocycles. The maximum atomic E-state index is 11.8. The van der Waals surface area contributed by atoms with Gasteiger partial charge in [-0.05, 0) is 25.6 Å². The van der Waals surface area contributed by atoms with Crippen molar-refractivity contribution in [2.75, 3.05) is 26.7 Å². The first-order valence-corrected chi connectivity index (χ1v) is 6.47. The second-order valence-corrected chi connectivity index (χ2v) is 4.82. The predicted molar refractivity (Wildman–Crippen MR) is 79.4 cm³/mol. The maximum Gasteiger partial charge on any atom is 0.234 e. The fraction of sp³-hybridized carbons (Fsp3) is 0.500. The number of hydrogen-bond donors (Lipinski definition) is 2. The highest BCUT2D eigenvalue weighted by atomic mass is 35.5. The lowest BCUT2D eigenvalue weighted by Gasteiger charge is -2.22. The van der Waals surface area contributed by atoms with Gasteiger partial charge in [-0.15, -0.1) is 12.4 Å². The molecule has 0 radical (unpaired) electrons. The van der Waals surface area contributed by atoms with Gasteiger partial charge in [-0.3, -0.25) is 9.69 Å². The molecule has 1 aliphatic rings. The number of carbonyl (C=O) groups excluding carboxylic acids is 1. The molecule has 0 aromatic heterocycles. The number of rotatable bonds is 5. The molecule has 5 heteroatoms. The van der Waals surface area contributed by atoms with Crippen LogP contribution in [0, 0.1) is 0 Å². The van der Waals surface area contributed by atoms with E-state index in [2.05, 4.69) is 15.5 Å². The molecule has 1 heterocycles. The lowest BCUT2D eigenvalue weighted by molar-refractivity contribution is -0.122. The van der Waals surface area contributed by atoms with E-state index in [0.717, 1.165) is 25.1 Å². The lowest BCUT2D eigenvalue weighted by atomic mass is 10.2. The zero-order chi connectivity index (χ0) is 12.8. The molecule has 2 N–H and O–H groups in total. The average molecular weight is 284 g/mol. The molecule has 19 heavy (non-hydrogen) atoms. The number of carbonyl (C=O) groups is 1. The number of halogens is 1. The van der Waals surface area contributed by atoms with Crippen molar-refractivity contribution < 1.29 is 4.79 Å². The van der Waals surface area contributed by atoms with E-state index in [1.54, 1.807) is 0 Å². The third-order valence-electron chi connectivity index (χ3n) is 3.38. The Morgan fingerprint density at radius 1 is 1.42 bits per heavy atom. The molecular weight excluding hydrogens is 262 g/mol. The zero-order valence-electron chi connectivity index (χ0n) is 11.3. The molecule has 1 aromatic rings. The van der Waals surface area contributed by atoms with Crippen LogP contribution in [0.4, 0.5) is 0 Å². The van der Waals surface area contributed by atoms with Crippen molar-refractivity contribution in [2.45, 2.75) is 19.0 Å². The largest absolute Gasteiger partial charge is 0.351 e. The SMILES string of the molecule is CN(CC(=O)NCc1ccccc1)C1CCNC1.Cl. The number of hydrogen-bond acceptors (Lipinski definition) is 3. The summed E-state index contributed by atoms with van der Waals surface area (Å²) in [5.74, 6) is 0.0910. The van der Waals surface area contributed by atoms with E-state index < -0.39 is 0 Å². The van der Waals surface area contributed by atoms with Crippen molar-refractivity contribution in [3.63, 3.8) is 0 Å². The van der Waals surface area contributed by atoms with E-state index in [-0.39, 0.29) is 18.3 Å². The Kier molecular flexibility index (Phi) is 6.84. The van der Waals surface area contributed by atoms with E-state index >= 15 is 0 Å². The average Bonchev–Trinajstić information content (AvgIpc) is 2.91. The zero-order valence-corrected chi connectivity index (χ0v) is 12.1. The molecule has 1 amide bonds. The summed E-state index contributed by atoms with van der Waals surface area (Å²) >= 11 is 0. The molecule has 0 bridgehead atoms. The molecular formula is C14H22ClN3O. The standard InChI is InChI=1S/C14H21N3O.ClH/c1-17(13-7-8-15-10-13)11-14(18)16-9-12-5-3-2-4-6-12;/h2-6,13,15H,7-11H2,1H3,(H,16,18);1H. The van der Waals surface area contributed by atoms with Crippen LogP contribution < -0.4 is 10.6 Å². The van der Waals surface area contributed by atoms with Gasteiger partial charge in [0.15, 0.2) is 0 Å². The molecule has 1 atom stereocenters. The molecule has 1 saturated heterocycles. The van der Waals surface area contributed by atoms with Gasteiger partial charge < -0.3 is 10.6 Å². The number of nitrogens with one attached hydrogen (secondary N) is 2. The topological polar surface area (TPSA) is 44.4 Å². The minimum Gasteiger partial charge on any atom is -0.351 e. The molecule has 1 unspecified atom stereocenters. The highest BCUT2D eigenvalue weighted by Gasteiger charge is 2.20. The van der Waals surface area contributed by atoms with E-state index in [1.807, 2.05) is 37.4 Å². The van der Waals surface area contributed by atoms with Gasteiger partial charge in [-0.25, -0.2) is 0 Å². The van der Waals surface area contributed by atoms with Gasteiger partial charge in [-0.1, -0.05) is 30.3 Å². The molecule has 1 aliphatic heterocycles. The van der Waals surface area contributed by atoms with E-state index in [9.17, 15) is 4.79 Å². The number of benzene rings is 1. The van der Waals surface area contributed by atoms with Gasteiger partial charge in [0.2, 0.25) is 5.91 Å². The highest BCUT2D eigenvalue weighted by Crippen LogP contribution is 2.05. The van der Waals surface area contributed by atoms with Crippen LogP contribution in [0.3, 0.4) is 0 Å². The first-order chi connectivity index (χ1) is 8.75. The van der Waals surface area contributed by atoms with Gasteiger partial charge in [-0.2, -0.15) is 0 Å². The van der Waals surface area contributed by atoms with E-state index in [0.29, 0.717) is 19.1 Å². The van der Waals surface area contributed by atoms with Crippen molar-refractivity contribution in [1.29, 1.82) is 0 Å². The van der Waals surface area contributed by atoms with Crippen LogP contribution in [0.15, 0.2) is 30.3 Å². The lowest BCUT2D eigenvalue weighted by Crippen LogP contribution is -2.41. The Hall–Kier alpha value is -1.10. The number of likely N-dealkylation sites (N-methyl/N-ethyl adjacent to an activating group) is 1. The molecule has 106 valence electrons. The molecule has 1 fully saturated rings. The molecule has 4 nitrogen and oxygen atoms in total. The van der Waals surface area contributed by atoms with Crippen LogP contribution in [-0.4, -0.2) is 43.5 Å². The second kappa shape index (κ2) is 8.15. The molecule has 0 spiro atoms. The van der Waals surface area contributed by atoms with Crippen LogP contribution in [-0.2, 0) is 11.3 Å². The van der Waals surface area contributed by atoms with Crippen LogP contribution >= 0.6 is 12.4 Å². The molecule has 0 saturated carbocycles. The minimum atomic E-state index is 0. The smallest absolute Gasteiger partial charge is 0.234 e. The Balaban J connectivity index is 0.00000180. The monoisotopic (exact) mass is 283 g/mol.